The summed E-state index contributed by atoms with van der Waals surface area (Å²) in [5, 5.41) is 16.8. The Labute approximate surface area is 215 Å². The Morgan fingerprint density at radius 2 is 1.89 bits per heavy atom. The van der Waals surface area contributed by atoms with E-state index >= 15 is 0 Å². The van der Waals surface area contributed by atoms with Crippen LogP contribution in [0.2, 0.25) is 5.02 Å². The zero-order valence-corrected chi connectivity index (χ0v) is 20.0. The number of benzene rings is 2. The second-order valence-corrected chi connectivity index (χ2v) is 9.13. The predicted octanol–water partition coefficient (Wildman–Crippen LogP) is 7.11. The van der Waals surface area contributed by atoms with Crippen LogP contribution >= 0.6 is 22.9 Å². The van der Waals surface area contributed by atoms with Crippen molar-refractivity contribution >= 4 is 29.1 Å². The molecule has 2 aromatic carbocycles. The van der Waals surface area contributed by atoms with E-state index in [0.717, 1.165) is 5.56 Å². The van der Waals surface area contributed by atoms with E-state index in [9.17, 15) is 18.0 Å². The molecule has 188 valence electrons. The number of carboxylic acid groups (broad SMARTS) is 1. The molecule has 0 aliphatic rings. The van der Waals surface area contributed by atoms with Crippen LogP contribution in [0.15, 0.2) is 71.4 Å². The molecule has 8 nitrogen and oxygen atoms in total. The smallest absolute Gasteiger partial charge is 0.449 e. The van der Waals surface area contributed by atoms with E-state index in [1.54, 1.807) is 54.7 Å². The third-order valence-corrected chi connectivity index (χ3v) is 6.62. The van der Waals surface area contributed by atoms with Gasteiger partial charge in [0, 0.05) is 23.4 Å². The first-order valence-electron chi connectivity index (χ1n) is 10.5. The van der Waals surface area contributed by atoms with Gasteiger partial charge in [0.2, 0.25) is 11.7 Å². The maximum Gasteiger partial charge on any atom is 0.512 e. The van der Waals surface area contributed by atoms with Crippen LogP contribution in [0.5, 0.6) is 5.88 Å². The van der Waals surface area contributed by atoms with Gasteiger partial charge in [0.05, 0.1) is 16.4 Å². The summed E-state index contributed by atoms with van der Waals surface area (Å²) in [7, 11) is 0. The van der Waals surface area contributed by atoms with Crippen molar-refractivity contribution in [3.8, 4) is 39.2 Å². The van der Waals surface area contributed by atoms with Crippen LogP contribution < -0.4 is 4.74 Å². The largest absolute Gasteiger partial charge is 0.512 e. The highest BCUT2D eigenvalue weighted by Gasteiger charge is 2.37. The summed E-state index contributed by atoms with van der Waals surface area (Å²) in [6.45, 7) is 0.276. The van der Waals surface area contributed by atoms with Crippen LogP contribution in [0.25, 0.3) is 33.3 Å². The van der Waals surface area contributed by atoms with E-state index in [1.807, 2.05) is 0 Å². The van der Waals surface area contributed by atoms with Crippen molar-refractivity contribution in [1.82, 2.24) is 19.9 Å². The van der Waals surface area contributed by atoms with Crippen molar-refractivity contribution in [2.45, 2.75) is 12.7 Å². The summed E-state index contributed by atoms with van der Waals surface area (Å²) in [4.78, 5) is 14.3. The van der Waals surface area contributed by atoms with Crippen molar-refractivity contribution in [2.75, 3.05) is 0 Å². The van der Waals surface area contributed by atoms with Crippen molar-refractivity contribution in [1.29, 1.82) is 0 Å². The molecule has 0 unspecified atom stereocenters. The fourth-order valence-corrected chi connectivity index (χ4v) is 4.83. The molecule has 13 heteroatoms. The monoisotopic (exact) mass is 546 g/mol. The molecule has 0 saturated carbocycles. The summed E-state index contributed by atoms with van der Waals surface area (Å²) < 4.78 is 52.4. The number of alkyl halides is 3. The Hall–Kier alpha value is -4.16. The molecule has 0 saturated heterocycles. The molecule has 0 aliphatic carbocycles. The molecular weight excluding hydrogens is 533 g/mol. The lowest BCUT2D eigenvalue weighted by Gasteiger charge is -2.07. The minimum Gasteiger partial charge on any atom is -0.449 e. The summed E-state index contributed by atoms with van der Waals surface area (Å²) in [6, 6.07) is 16.1. The van der Waals surface area contributed by atoms with Crippen LogP contribution in [0, 0.1) is 0 Å². The lowest BCUT2D eigenvalue weighted by atomic mass is 10.1. The zero-order chi connectivity index (χ0) is 26.2. The molecule has 3 aromatic heterocycles. The Bertz CT molecular complexity index is 1580. The number of rotatable bonds is 6. The minimum absolute atomic E-state index is 0.0331. The van der Waals surface area contributed by atoms with Gasteiger partial charge in [0.1, 0.15) is 4.88 Å². The second-order valence-electron chi connectivity index (χ2n) is 7.67. The van der Waals surface area contributed by atoms with Crippen LogP contribution in [0.3, 0.4) is 0 Å². The van der Waals surface area contributed by atoms with Gasteiger partial charge in [-0.15, -0.1) is 16.4 Å². The molecule has 0 atom stereocenters. The van der Waals surface area contributed by atoms with Crippen molar-refractivity contribution in [3.05, 3.63) is 82.3 Å². The standard InChI is InChI=1S/C24H14ClF3N4O4S/c25-17-10-13(12-32-9-8-19(30-32)35-23(33)34)6-7-15(17)21-29-22(36-31-21)18-11-16(14-4-2-1-3-5-14)20(37-18)24(26,27)28/h1-11H,12H2,(H,33,34). The average molecular weight is 547 g/mol. The average Bonchev–Trinajstić information content (AvgIpc) is 3.59. The molecule has 5 aromatic rings. The molecule has 0 amide bonds. The number of ether oxygens (including phenoxy) is 1. The first-order chi connectivity index (χ1) is 17.7. The van der Waals surface area contributed by atoms with E-state index in [1.165, 1.54) is 16.8 Å². The van der Waals surface area contributed by atoms with Gasteiger partial charge in [-0.1, -0.05) is 53.2 Å². The van der Waals surface area contributed by atoms with Crippen molar-refractivity contribution in [3.63, 3.8) is 0 Å². The lowest BCUT2D eigenvalue weighted by molar-refractivity contribution is -0.133. The Kier molecular flexibility index (Phi) is 6.44. The maximum atomic E-state index is 13.7. The van der Waals surface area contributed by atoms with Gasteiger partial charge in [-0.2, -0.15) is 18.2 Å². The van der Waals surface area contributed by atoms with Crippen LogP contribution in [-0.2, 0) is 12.7 Å². The normalized spacial score (nSPS) is 11.6. The highest BCUT2D eigenvalue weighted by Crippen LogP contribution is 2.45. The molecule has 0 radical (unpaired) electrons. The molecule has 5 rings (SSSR count). The summed E-state index contributed by atoms with van der Waals surface area (Å²) in [5.41, 5.74) is 1.62. The predicted molar refractivity (Wildman–Crippen MR) is 128 cm³/mol. The third kappa shape index (κ3) is 5.34. The van der Waals surface area contributed by atoms with Crippen LogP contribution in [0.4, 0.5) is 18.0 Å². The number of nitrogens with zero attached hydrogens (tertiary/aromatic N) is 4. The fourth-order valence-electron chi connectivity index (χ4n) is 3.57. The molecule has 37 heavy (non-hydrogen) atoms. The molecule has 0 aliphatic heterocycles. The van der Waals surface area contributed by atoms with Crippen LogP contribution in [-0.4, -0.2) is 31.2 Å². The second kappa shape index (κ2) is 9.71. The zero-order valence-electron chi connectivity index (χ0n) is 18.4. The number of aromatic nitrogens is 4. The number of hydrogen-bond acceptors (Lipinski definition) is 7. The van der Waals surface area contributed by atoms with E-state index in [2.05, 4.69) is 20.0 Å². The Morgan fingerprint density at radius 3 is 2.59 bits per heavy atom. The number of hydrogen-bond donors (Lipinski definition) is 1. The third-order valence-electron chi connectivity index (χ3n) is 5.14. The summed E-state index contributed by atoms with van der Waals surface area (Å²) in [6.07, 6.45) is -4.47. The number of carbonyl (C=O) groups is 1. The van der Waals surface area contributed by atoms with E-state index in [4.69, 9.17) is 21.2 Å². The van der Waals surface area contributed by atoms with Gasteiger partial charge in [-0.25, -0.2) is 4.79 Å². The molecule has 0 bridgehead atoms. The molecule has 3 heterocycles. The first kappa shape index (κ1) is 24.5. The number of halogens is 4. The SMILES string of the molecule is O=C(O)Oc1ccn(Cc2ccc(-c3noc(-c4cc(-c5ccccc5)c(C(F)(F)F)s4)n3)c(Cl)c2)n1. The fraction of sp³-hybridized carbons (Fsp3) is 0.0833. The van der Waals surface area contributed by atoms with Gasteiger partial charge in [-0.05, 0) is 29.3 Å². The van der Waals surface area contributed by atoms with E-state index in [-0.39, 0.29) is 39.6 Å². The number of thiophene rings is 1. The Morgan fingerprint density at radius 1 is 1.11 bits per heavy atom. The van der Waals surface area contributed by atoms with Crippen LogP contribution in [0.1, 0.15) is 10.4 Å². The maximum absolute atomic E-state index is 13.7. The molecule has 0 fully saturated rings. The summed E-state index contributed by atoms with van der Waals surface area (Å²) >= 11 is 6.95. The van der Waals surface area contributed by atoms with E-state index in [0.29, 0.717) is 22.5 Å². The molecular formula is C24H14ClF3N4O4S. The molecule has 0 spiro atoms. The quantitative estimate of drug-likeness (QED) is 0.226. The lowest BCUT2D eigenvalue weighted by Crippen LogP contribution is -2.05. The first-order valence-corrected chi connectivity index (χ1v) is 11.7. The van der Waals surface area contributed by atoms with Gasteiger partial charge < -0.3 is 14.4 Å². The van der Waals surface area contributed by atoms with Gasteiger partial charge in [0.15, 0.2) is 0 Å². The Balaban J connectivity index is 1.40. The van der Waals surface area contributed by atoms with Gasteiger partial charge >= 0.3 is 12.3 Å². The summed E-state index contributed by atoms with van der Waals surface area (Å²) in [5.74, 6) is -0.00597. The molecule has 1 N–H and O–H groups in total. The van der Waals surface area contributed by atoms with Crippen molar-refractivity contribution in [2.24, 2.45) is 0 Å². The topological polar surface area (TPSA) is 103 Å². The minimum atomic E-state index is -4.55. The van der Waals surface area contributed by atoms with Gasteiger partial charge in [0.25, 0.3) is 5.89 Å². The van der Waals surface area contributed by atoms with Crippen molar-refractivity contribution < 1.29 is 32.3 Å². The highest BCUT2D eigenvalue weighted by atomic mass is 35.5. The van der Waals surface area contributed by atoms with Gasteiger partial charge in [-0.3, -0.25) is 4.68 Å². The van der Waals surface area contributed by atoms with E-state index < -0.39 is 17.2 Å². The highest BCUT2D eigenvalue weighted by molar-refractivity contribution is 7.16.